The Morgan fingerprint density at radius 2 is 1.71 bits per heavy atom. The van der Waals surface area contributed by atoms with E-state index in [2.05, 4.69) is 0 Å². The first-order chi connectivity index (χ1) is 11.5. The lowest BCUT2D eigenvalue weighted by Crippen LogP contribution is -2.31. The number of hydrogen-bond donors (Lipinski definition) is 1. The summed E-state index contributed by atoms with van der Waals surface area (Å²) in [6.07, 6.45) is 0.147. The first kappa shape index (κ1) is 16.2. The SMILES string of the molecule is O=C(O)[C@@H]1CN(C(=O)Cc2ccc(F)cc2)C[C@H]1c1ccccc1. The number of hydrogen-bond acceptors (Lipinski definition) is 2. The third kappa shape index (κ3) is 3.45. The highest BCUT2D eigenvalue weighted by Gasteiger charge is 2.40. The van der Waals surface area contributed by atoms with Crippen LogP contribution in [0.15, 0.2) is 54.6 Å². The summed E-state index contributed by atoms with van der Waals surface area (Å²) in [4.78, 5) is 25.7. The van der Waals surface area contributed by atoms with Gasteiger partial charge in [0.2, 0.25) is 5.91 Å². The molecule has 4 nitrogen and oxygen atoms in total. The molecule has 2 aromatic carbocycles. The van der Waals surface area contributed by atoms with Gasteiger partial charge in [0, 0.05) is 19.0 Å². The molecule has 5 heteroatoms. The molecule has 2 atom stereocenters. The summed E-state index contributed by atoms with van der Waals surface area (Å²) < 4.78 is 12.9. The molecule has 0 aliphatic carbocycles. The van der Waals surface area contributed by atoms with Crippen molar-refractivity contribution < 1.29 is 19.1 Å². The predicted octanol–water partition coefficient (Wildman–Crippen LogP) is 2.70. The summed E-state index contributed by atoms with van der Waals surface area (Å²) in [5.74, 6) is -2.18. The Kier molecular flexibility index (Phi) is 4.60. The molecule has 0 saturated carbocycles. The molecule has 0 bridgehead atoms. The molecule has 1 fully saturated rings. The third-order valence-corrected chi connectivity index (χ3v) is 4.49. The zero-order chi connectivity index (χ0) is 17.1. The monoisotopic (exact) mass is 327 g/mol. The van der Waals surface area contributed by atoms with Crippen LogP contribution in [0.1, 0.15) is 17.0 Å². The number of aliphatic carboxylic acids is 1. The van der Waals surface area contributed by atoms with Crippen molar-refractivity contribution in [3.8, 4) is 0 Å². The van der Waals surface area contributed by atoms with E-state index in [0.717, 1.165) is 11.1 Å². The highest BCUT2D eigenvalue weighted by Crippen LogP contribution is 2.33. The second kappa shape index (κ2) is 6.83. The minimum absolute atomic E-state index is 0.133. The van der Waals surface area contributed by atoms with E-state index in [1.807, 2.05) is 30.3 Å². The van der Waals surface area contributed by atoms with E-state index in [4.69, 9.17) is 0 Å². The summed E-state index contributed by atoms with van der Waals surface area (Å²) in [5, 5.41) is 9.49. The maximum absolute atomic E-state index is 12.9. The van der Waals surface area contributed by atoms with Crippen molar-refractivity contribution in [3.05, 3.63) is 71.5 Å². The summed E-state index contributed by atoms with van der Waals surface area (Å²) in [7, 11) is 0. The predicted molar refractivity (Wildman–Crippen MR) is 87.0 cm³/mol. The molecule has 124 valence electrons. The molecule has 24 heavy (non-hydrogen) atoms. The van der Waals surface area contributed by atoms with Crippen LogP contribution < -0.4 is 0 Å². The lowest BCUT2D eigenvalue weighted by Gasteiger charge is -2.16. The van der Waals surface area contributed by atoms with Crippen LogP contribution in [0.25, 0.3) is 0 Å². The fourth-order valence-corrected chi connectivity index (χ4v) is 3.18. The van der Waals surface area contributed by atoms with Crippen molar-refractivity contribution in [3.63, 3.8) is 0 Å². The molecule has 3 rings (SSSR count). The fraction of sp³-hybridized carbons (Fsp3) is 0.263. The number of carbonyl (C=O) groups excluding carboxylic acids is 1. The second-order valence-electron chi connectivity index (χ2n) is 6.06. The molecule has 1 heterocycles. The fourth-order valence-electron chi connectivity index (χ4n) is 3.18. The third-order valence-electron chi connectivity index (χ3n) is 4.49. The smallest absolute Gasteiger partial charge is 0.308 e. The maximum atomic E-state index is 12.9. The average molecular weight is 327 g/mol. The van der Waals surface area contributed by atoms with Crippen molar-refractivity contribution in [2.24, 2.45) is 5.92 Å². The highest BCUT2D eigenvalue weighted by molar-refractivity contribution is 5.81. The first-order valence-electron chi connectivity index (χ1n) is 7.84. The summed E-state index contributed by atoms with van der Waals surface area (Å²) in [6.45, 7) is 0.593. The van der Waals surface area contributed by atoms with Gasteiger partial charge in [-0.15, -0.1) is 0 Å². The van der Waals surface area contributed by atoms with Gasteiger partial charge in [-0.3, -0.25) is 9.59 Å². The Bertz CT molecular complexity index is 730. The zero-order valence-electron chi connectivity index (χ0n) is 13.1. The molecule has 0 aromatic heterocycles. The van der Waals surface area contributed by atoms with Gasteiger partial charge in [-0.1, -0.05) is 42.5 Å². The van der Waals surface area contributed by atoms with Gasteiger partial charge < -0.3 is 10.0 Å². The summed E-state index contributed by atoms with van der Waals surface area (Å²) in [6, 6.07) is 15.2. The van der Waals surface area contributed by atoms with Crippen LogP contribution in [0.4, 0.5) is 4.39 Å². The Morgan fingerprint density at radius 1 is 1.04 bits per heavy atom. The molecule has 1 amide bonds. The highest BCUT2D eigenvalue weighted by atomic mass is 19.1. The van der Waals surface area contributed by atoms with Crippen LogP contribution in [-0.2, 0) is 16.0 Å². The van der Waals surface area contributed by atoms with Gasteiger partial charge in [0.05, 0.1) is 12.3 Å². The van der Waals surface area contributed by atoms with Crippen LogP contribution in [0.5, 0.6) is 0 Å². The van der Waals surface area contributed by atoms with Gasteiger partial charge in [-0.05, 0) is 23.3 Å². The molecule has 0 radical (unpaired) electrons. The number of carboxylic acid groups (broad SMARTS) is 1. The quantitative estimate of drug-likeness (QED) is 0.939. The number of nitrogens with zero attached hydrogens (tertiary/aromatic N) is 1. The number of halogens is 1. The van der Waals surface area contributed by atoms with Gasteiger partial charge >= 0.3 is 5.97 Å². The Hall–Kier alpha value is -2.69. The molecule has 1 N–H and O–H groups in total. The van der Waals surface area contributed by atoms with E-state index >= 15 is 0 Å². The largest absolute Gasteiger partial charge is 0.481 e. The average Bonchev–Trinajstić information content (AvgIpc) is 3.03. The van der Waals surface area contributed by atoms with E-state index < -0.39 is 11.9 Å². The van der Waals surface area contributed by atoms with Crippen molar-refractivity contribution in [2.75, 3.05) is 13.1 Å². The molecule has 1 saturated heterocycles. The minimum atomic E-state index is -0.888. The number of amides is 1. The van der Waals surface area contributed by atoms with Gasteiger partial charge in [0.15, 0.2) is 0 Å². The number of benzene rings is 2. The van der Waals surface area contributed by atoms with Crippen molar-refractivity contribution >= 4 is 11.9 Å². The summed E-state index contributed by atoms with van der Waals surface area (Å²) in [5.41, 5.74) is 1.65. The molecular weight excluding hydrogens is 309 g/mol. The minimum Gasteiger partial charge on any atom is -0.481 e. The molecule has 2 aromatic rings. The second-order valence-corrected chi connectivity index (χ2v) is 6.06. The standard InChI is InChI=1S/C19H18FNO3/c20-15-8-6-13(7-9-15)10-18(22)21-11-16(17(12-21)19(23)24)14-4-2-1-3-5-14/h1-9,16-17H,10-12H2,(H,23,24)/t16-,17+/m0/s1. The van der Waals surface area contributed by atoms with E-state index in [1.54, 1.807) is 17.0 Å². The van der Waals surface area contributed by atoms with Gasteiger partial charge in [0.25, 0.3) is 0 Å². The van der Waals surface area contributed by atoms with E-state index in [0.29, 0.717) is 6.54 Å². The van der Waals surface area contributed by atoms with Gasteiger partial charge in [0.1, 0.15) is 5.82 Å². The van der Waals surface area contributed by atoms with E-state index in [-0.39, 0.29) is 30.6 Å². The lowest BCUT2D eigenvalue weighted by atomic mass is 9.89. The Labute approximate surface area is 139 Å². The Morgan fingerprint density at radius 3 is 2.33 bits per heavy atom. The van der Waals surface area contributed by atoms with Crippen LogP contribution in [0.2, 0.25) is 0 Å². The molecule has 1 aliphatic rings. The normalized spacial score (nSPS) is 20.1. The van der Waals surface area contributed by atoms with Crippen LogP contribution in [-0.4, -0.2) is 35.0 Å². The molecule has 0 spiro atoms. The van der Waals surface area contributed by atoms with Crippen molar-refractivity contribution in [1.29, 1.82) is 0 Å². The number of rotatable bonds is 4. The number of carbonyl (C=O) groups is 2. The van der Waals surface area contributed by atoms with Crippen molar-refractivity contribution in [2.45, 2.75) is 12.3 Å². The lowest BCUT2D eigenvalue weighted by molar-refractivity contribution is -0.141. The molecular formula is C19H18FNO3. The van der Waals surface area contributed by atoms with Crippen molar-refractivity contribution in [1.82, 2.24) is 4.90 Å². The number of carboxylic acids is 1. The molecule has 1 aliphatic heterocycles. The van der Waals surface area contributed by atoms with Gasteiger partial charge in [-0.2, -0.15) is 0 Å². The van der Waals surface area contributed by atoms with E-state index in [1.165, 1.54) is 12.1 Å². The van der Waals surface area contributed by atoms with Crippen LogP contribution >= 0.6 is 0 Å². The summed E-state index contributed by atoms with van der Waals surface area (Å²) >= 11 is 0. The number of likely N-dealkylation sites (tertiary alicyclic amines) is 1. The van der Waals surface area contributed by atoms with E-state index in [9.17, 15) is 19.1 Å². The maximum Gasteiger partial charge on any atom is 0.308 e. The molecule has 0 unspecified atom stereocenters. The first-order valence-corrected chi connectivity index (χ1v) is 7.84. The Balaban J connectivity index is 1.74. The topological polar surface area (TPSA) is 57.6 Å². The zero-order valence-corrected chi connectivity index (χ0v) is 13.1. The van der Waals surface area contributed by atoms with Crippen LogP contribution in [0, 0.1) is 11.7 Å². The van der Waals surface area contributed by atoms with Crippen LogP contribution in [0.3, 0.4) is 0 Å². The van der Waals surface area contributed by atoms with Gasteiger partial charge in [-0.25, -0.2) is 4.39 Å².